The fraction of sp³-hybridized carbons (Fsp3) is 0. The molecule has 0 aliphatic heterocycles. The first-order chi connectivity index (χ1) is 18.1. The molecule has 1 aromatic heterocycles. The number of rotatable bonds is 4. The average molecular weight is 482 g/mol. The largest absolute Gasteiger partial charge is 0.320 e. The van der Waals surface area contributed by atoms with Gasteiger partial charge in [-0.25, -0.2) is 0 Å². The third-order valence-corrected chi connectivity index (χ3v) is 6.29. The van der Waals surface area contributed by atoms with Gasteiger partial charge < -0.3 is 5.32 Å². The summed E-state index contributed by atoms with van der Waals surface area (Å²) in [4.78, 5) is 40.2. The number of hydrogen-bond donors (Lipinski definition) is 1. The van der Waals surface area contributed by atoms with Crippen LogP contribution >= 0.6 is 0 Å². The number of fused-ring (bicyclic) bond motifs is 2. The highest BCUT2D eigenvalue weighted by Crippen LogP contribution is 2.34. The van der Waals surface area contributed by atoms with Gasteiger partial charge in [-0.1, -0.05) is 97.1 Å². The summed E-state index contributed by atoms with van der Waals surface area (Å²) in [7, 11) is 0. The normalized spacial score (nSPS) is 12.0. The van der Waals surface area contributed by atoms with Gasteiger partial charge in [-0.3, -0.25) is 14.4 Å². The van der Waals surface area contributed by atoms with Crippen molar-refractivity contribution >= 4 is 23.2 Å². The third kappa shape index (κ3) is 3.79. The summed E-state index contributed by atoms with van der Waals surface area (Å²) >= 11 is 0. The Labute approximate surface area is 211 Å². The number of nitrogens with zero attached hydrogens (tertiary/aromatic N) is 3. The molecule has 0 radical (unpaired) electrons. The van der Waals surface area contributed by atoms with Crippen LogP contribution in [-0.4, -0.2) is 32.9 Å². The average Bonchev–Trinajstić information content (AvgIpc) is 2.96. The number of ketones is 2. The van der Waals surface area contributed by atoms with Gasteiger partial charge in [0.05, 0.1) is 11.3 Å². The fourth-order valence-electron chi connectivity index (χ4n) is 4.59. The van der Waals surface area contributed by atoms with Gasteiger partial charge in [0.25, 0.3) is 5.91 Å². The minimum atomic E-state index is -0.571. The second kappa shape index (κ2) is 9.05. The van der Waals surface area contributed by atoms with Gasteiger partial charge in [0, 0.05) is 27.8 Å². The Kier molecular flexibility index (Phi) is 5.43. The monoisotopic (exact) mass is 482 g/mol. The van der Waals surface area contributed by atoms with E-state index in [0.29, 0.717) is 22.4 Å². The lowest BCUT2D eigenvalue weighted by molar-refractivity contribution is 0.0978. The maximum Gasteiger partial charge on any atom is 0.276 e. The summed E-state index contributed by atoms with van der Waals surface area (Å²) in [6.07, 6.45) is 0. The predicted molar refractivity (Wildman–Crippen MR) is 138 cm³/mol. The zero-order chi connectivity index (χ0) is 25.4. The molecular formula is C30H18N4O3. The Morgan fingerprint density at radius 2 is 1.16 bits per heavy atom. The minimum Gasteiger partial charge on any atom is -0.320 e. The molecule has 1 N–H and O–H groups in total. The predicted octanol–water partition coefficient (Wildman–Crippen LogP) is 5.23. The second-order valence-corrected chi connectivity index (χ2v) is 8.48. The van der Waals surface area contributed by atoms with Gasteiger partial charge >= 0.3 is 0 Å². The van der Waals surface area contributed by atoms with Gasteiger partial charge in [0.15, 0.2) is 17.3 Å². The Bertz CT molecular complexity index is 1700. The first kappa shape index (κ1) is 22.2. The summed E-state index contributed by atoms with van der Waals surface area (Å²) in [5.41, 5.74) is 3.87. The van der Waals surface area contributed by atoms with E-state index in [1.807, 2.05) is 60.7 Å². The van der Waals surface area contributed by atoms with Crippen molar-refractivity contribution in [3.8, 4) is 22.4 Å². The van der Waals surface area contributed by atoms with E-state index < -0.39 is 5.91 Å². The molecule has 1 amide bonds. The summed E-state index contributed by atoms with van der Waals surface area (Å²) in [5.74, 6) is -1.16. The van der Waals surface area contributed by atoms with Gasteiger partial charge in [-0.2, -0.15) is 0 Å². The maximum absolute atomic E-state index is 13.7. The van der Waals surface area contributed by atoms with E-state index in [0.717, 1.165) is 11.1 Å². The summed E-state index contributed by atoms with van der Waals surface area (Å²) < 4.78 is 0. The number of amides is 1. The number of benzene rings is 4. The van der Waals surface area contributed by atoms with Gasteiger partial charge in [0.2, 0.25) is 0 Å². The first-order valence-corrected chi connectivity index (χ1v) is 11.6. The van der Waals surface area contributed by atoms with Crippen molar-refractivity contribution in [1.82, 2.24) is 15.4 Å². The van der Waals surface area contributed by atoms with Crippen LogP contribution in [0.5, 0.6) is 0 Å². The number of carbonyl (C=O) groups is 3. The third-order valence-electron chi connectivity index (χ3n) is 6.29. The molecule has 6 rings (SSSR count). The molecule has 1 aliphatic rings. The Balaban J connectivity index is 1.46. The van der Waals surface area contributed by atoms with Crippen molar-refractivity contribution in [2.45, 2.75) is 0 Å². The Morgan fingerprint density at radius 3 is 1.86 bits per heavy atom. The number of nitrogens with one attached hydrogen (secondary N) is 1. The molecule has 0 unspecified atom stereocenters. The highest BCUT2D eigenvalue weighted by molar-refractivity contribution is 6.30. The van der Waals surface area contributed by atoms with E-state index in [-0.39, 0.29) is 34.1 Å². The van der Waals surface area contributed by atoms with E-state index in [9.17, 15) is 14.4 Å². The zero-order valence-corrected chi connectivity index (χ0v) is 19.4. The summed E-state index contributed by atoms with van der Waals surface area (Å²) in [5, 5.41) is 15.0. The fourth-order valence-corrected chi connectivity index (χ4v) is 4.59. The van der Waals surface area contributed by atoms with Crippen LogP contribution < -0.4 is 5.32 Å². The molecule has 7 heteroatoms. The van der Waals surface area contributed by atoms with E-state index in [1.165, 1.54) is 0 Å². The van der Waals surface area contributed by atoms with Crippen LogP contribution in [0, 0.1) is 0 Å². The first-order valence-electron chi connectivity index (χ1n) is 11.6. The van der Waals surface area contributed by atoms with Gasteiger partial charge in [0.1, 0.15) is 5.69 Å². The lowest BCUT2D eigenvalue weighted by atomic mass is 9.83. The Morgan fingerprint density at radius 1 is 0.568 bits per heavy atom. The number of aromatic nitrogens is 3. The number of hydrogen-bond acceptors (Lipinski definition) is 6. The van der Waals surface area contributed by atoms with Crippen LogP contribution in [0.2, 0.25) is 0 Å². The summed E-state index contributed by atoms with van der Waals surface area (Å²) in [6.45, 7) is 0. The quantitative estimate of drug-likeness (QED) is 0.369. The van der Waals surface area contributed by atoms with E-state index >= 15 is 0 Å². The molecular weight excluding hydrogens is 464 g/mol. The van der Waals surface area contributed by atoms with E-state index in [4.69, 9.17) is 0 Å². The van der Waals surface area contributed by atoms with Gasteiger partial charge in [-0.15, -0.1) is 10.2 Å². The molecule has 0 fully saturated rings. The molecule has 5 aromatic rings. The molecule has 176 valence electrons. The smallest absolute Gasteiger partial charge is 0.276 e. The van der Waals surface area contributed by atoms with Crippen LogP contribution in [0.15, 0.2) is 103 Å². The van der Waals surface area contributed by atoms with E-state index in [2.05, 4.69) is 20.7 Å². The molecule has 7 nitrogen and oxygen atoms in total. The molecule has 1 heterocycles. The standard InChI is InChI=1S/C30H18N4O3/c35-28-20-14-7-8-15-21(20)29(36)25-22(28)16-9-17-23(25)31-30(37)27-24(18-10-3-1-4-11-18)26(32-34-33-27)19-12-5-2-6-13-19/h1-17H,(H,31,37). The molecule has 0 saturated heterocycles. The highest BCUT2D eigenvalue weighted by Gasteiger charge is 2.32. The topological polar surface area (TPSA) is 102 Å². The lowest BCUT2D eigenvalue weighted by Gasteiger charge is -2.20. The van der Waals surface area contributed by atoms with Crippen LogP contribution in [-0.2, 0) is 0 Å². The molecule has 1 aliphatic carbocycles. The van der Waals surface area contributed by atoms with Crippen molar-refractivity contribution < 1.29 is 14.4 Å². The maximum atomic E-state index is 13.7. The molecule has 0 bridgehead atoms. The van der Waals surface area contributed by atoms with Crippen LogP contribution in [0.1, 0.15) is 42.3 Å². The van der Waals surface area contributed by atoms with Crippen molar-refractivity contribution in [1.29, 1.82) is 0 Å². The number of anilines is 1. The lowest BCUT2D eigenvalue weighted by Crippen LogP contribution is -2.24. The molecule has 0 atom stereocenters. The SMILES string of the molecule is O=C1c2ccccc2C(=O)c2c(NC(=O)c3nnnc(-c4ccccc4)c3-c3ccccc3)cccc21. The van der Waals surface area contributed by atoms with Crippen molar-refractivity contribution in [2.75, 3.05) is 5.32 Å². The van der Waals surface area contributed by atoms with Crippen LogP contribution in [0.4, 0.5) is 5.69 Å². The number of carbonyl (C=O) groups excluding carboxylic acids is 3. The molecule has 4 aromatic carbocycles. The Hall–Kier alpha value is -5.30. The van der Waals surface area contributed by atoms with Crippen LogP contribution in [0.3, 0.4) is 0 Å². The van der Waals surface area contributed by atoms with Crippen molar-refractivity contribution in [3.63, 3.8) is 0 Å². The van der Waals surface area contributed by atoms with E-state index in [1.54, 1.807) is 42.5 Å². The summed E-state index contributed by atoms with van der Waals surface area (Å²) in [6, 6.07) is 30.3. The highest BCUT2D eigenvalue weighted by atomic mass is 16.2. The minimum absolute atomic E-state index is 0.0487. The molecule has 0 spiro atoms. The molecule has 0 saturated carbocycles. The zero-order valence-electron chi connectivity index (χ0n) is 19.4. The molecule has 37 heavy (non-hydrogen) atoms. The van der Waals surface area contributed by atoms with Gasteiger partial charge in [-0.05, 0) is 16.8 Å². The van der Waals surface area contributed by atoms with Crippen LogP contribution in [0.25, 0.3) is 22.4 Å². The van der Waals surface area contributed by atoms with Crippen molar-refractivity contribution in [3.05, 3.63) is 131 Å². The second-order valence-electron chi connectivity index (χ2n) is 8.48. The van der Waals surface area contributed by atoms with Crippen molar-refractivity contribution in [2.24, 2.45) is 0 Å².